The van der Waals surface area contributed by atoms with Crippen LogP contribution in [-0.4, -0.2) is 25.0 Å². The third kappa shape index (κ3) is 1.80. The van der Waals surface area contributed by atoms with Gasteiger partial charge >= 0.3 is 0 Å². The molecule has 0 unspecified atom stereocenters. The molecular weight excluding hydrogens is 255 g/mol. The molecule has 2 rings (SSSR count). The molecule has 1 aliphatic rings. The average Bonchev–Trinajstić information content (AvgIpc) is 2.98. The first kappa shape index (κ1) is 13.0. The van der Waals surface area contributed by atoms with E-state index in [0.29, 0.717) is 5.56 Å². The fourth-order valence-electron chi connectivity index (χ4n) is 2.34. The summed E-state index contributed by atoms with van der Waals surface area (Å²) in [6.45, 7) is 1.51. The summed E-state index contributed by atoms with van der Waals surface area (Å²) in [5, 5.41) is 8.12. The molecule has 0 saturated heterocycles. The second-order valence-electron chi connectivity index (χ2n) is 4.45. The van der Waals surface area contributed by atoms with Crippen LogP contribution in [0.15, 0.2) is 24.3 Å². The van der Waals surface area contributed by atoms with Gasteiger partial charge in [0.15, 0.2) is 9.84 Å². The zero-order valence-electron chi connectivity index (χ0n) is 9.80. The van der Waals surface area contributed by atoms with Gasteiger partial charge < -0.3 is 5.73 Å². The SMILES string of the molecule is CCS(=O)(=O)[C@@H]1[C@@H](c2cccc(F)c2)[C@@]1(N)C#N. The van der Waals surface area contributed by atoms with Crippen molar-refractivity contribution in [3.05, 3.63) is 35.6 Å². The minimum atomic E-state index is -3.42. The number of hydrogen-bond acceptors (Lipinski definition) is 4. The van der Waals surface area contributed by atoms with E-state index in [1.54, 1.807) is 6.07 Å². The Morgan fingerprint density at radius 2 is 2.22 bits per heavy atom. The molecule has 1 aromatic rings. The quantitative estimate of drug-likeness (QED) is 0.884. The number of benzene rings is 1. The molecule has 4 nitrogen and oxygen atoms in total. The minimum Gasteiger partial charge on any atom is -0.312 e. The van der Waals surface area contributed by atoms with Crippen molar-refractivity contribution in [1.82, 2.24) is 0 Å². The molecule has 0 aliphatic heterocycles. The highest BCUT2D eigenvalue weighted by atomic mass is 32.2. The summed E-state index contributed by atoms with van der Waals surface area (Å²) < 4.78 is 36.9. The second-order valence-corrected chi connectivity index (χ2v) is 6.86. The van der Waals surface area contributed by atoms with Crippen molar-refractivity contribution < 1.29 is 12.8 Å². The van der Waals surface area contributed by atoms with Crippen molar-refractivity contribution in [3.8, 4) is 6.07 Å². The fraction of sp³-hybridized carbons (Fsp3) is 0.417. The van der Waals surface area contributed by atoms with Crippen LogP contribution < -0.4 is 5.73 Å². The Kier molecular flexibility index (Phi) is 2.92. The molecule has 0 bridgehead atoms. The highest BCUT2D eigenvalue weighted by Crippen LogP contribution is 2.53. The number of hydrogen-bond donors (Lipinski definition) is 1. The molecule has 1 saturated carbocycles. The van der Waals surface area contributed by atoms with Gasteiger partial charge in [-0.3, -0.25) is 0 Å². The maximum atomic E-state index is 13.1. The van der Waals surface area contributed by atoms with Crippen molar-refractivity contribution >= 4 is 9.84 Å². The average molecular weight is 268 g/mol. The number of nitrogens with zero attached hydrogens (tertiary/aromatic N) is 1. The van der Waals surface area contributed by atoms with Crippen LogP contribution >= 0.6 is 0 Å². The lowest BCUT2D eigenvalue weighted by Gasteiger charge is -2.00. The minimum absolute atomic E-state index is 0.0793. The summed E-state index contributed by atoms with van der Waals surface area (Å²) in [7, 11) is -3.42. The first-order valence-electron chi connectivity index (χ1n) is 5.54. The molecule has 0 heterocycles. The molecule has 0 spiro atoms. The van der Waals surface area contributed by atoms with Gasteiger partial charge in [0, 0.05) is 11.7 Å². The van der Waals surface area contributed by atoms with Gasteiger partial charge in [-0.05, 0) is 17.7 Å². The molecule has 96 valence electrons. The first-order chi connectivity index (χ1) is 8.36. The molecule has 1 aromatic carbocycles. The van der Waals surface area contributed by atoms with E-state index >= 15 is 0 Å². The van der Waals surface area contributed by atoms with E-state index in [1.807, 2.05) is 6.07 Å². The Labute approximate surface area is 105 Å². The molecule has 0 amide bonds. The molecule has 2 N–H and O–H groups in total. The molecule has 6 heteroatoms. The van der Waals surface area contributed by atoms with E-state index in [9.17, 15) is 12.8 Å². The Balaban J connectivity index is 2.45. The van der Waals surface area contributed by atoms with Gasteiger partial charge in [0.2, 0.25) is 0 Å². The van der Waals surface area contributed by atoms with Gasteiger partial charge in [0.25, 0.3) is 0 Å². The van der Waals surface area contributed by atoms with Crippen molar-refractivity contribution in [3.63, 3.8) is 0 Å². The summed E-state index contributed by atoms with van der Waals surface area (Å²) in [4.78, 5) is 0. The Hall–Kier alpha value is -1.45. The van der Waals surface area contributed by atoms with Gasteiger partial charge in [-0.1, -0.05) is 19.1 Å². The highest BCUT2D eigenvalue weighted by Gasteiger charge is 2.69. The fourth-order valence-corrected chi connectivity index (χ4v) is 4.21. The molecule has 0 radical (unpaired) electrons. The van der Waals surface area contributed by atoms with Crippen LogP contribution in [0.5, 0.6) is 0 Å². The van der Waals surface area contributed by atoms with Crippen molar-refractivity contribution in [2.24, 2.45) is 5.73 Å². The van der Waals surface area contributed by atoms with Crippen LogP contribution in [-0.2, 0) is 9.84 Å². The topological polar surface area (TPSA) is 83.9 Å². The number of halogens is 1. The summed E-state index contributed by atoms with van der Waals surface area (Å²) >= 11 is 0. The van der Waals surface area contributed by atoms with Crippen LogP contribution in [0.25, 0.3) is 0 Å². The standard InChI is InChI=1S/C12H13FN2O2S/c1-2-18(16,17)11-10(12(11,15)7-14)8-4-3-5-9(13)6-8/h3-6,10-11H,2,15H2,1H3/t10-,11-,12+/m1/s1. The van der Waals surface area contributed by atoms with Gasteiger partial charge in [-0.15, -0.1) is 0 Å². The number of nitrogens with two attached hydrogens (primary N) is 1. The van der Waals surface area contributed by atoms with E-state index in [1.165, 1.54) is 25.1 Å². The number of sulfone groups is 1. The van der Waals surface area contributed by atoms with E-state index in [4.69, 9.17) is 11.0 Å². The highest BCUT2D eigenvalue weighted by molar-refractivity contribution is 7.92. The predicted molar refractivity (Wildman–Crippen MR) is 64.9 cm³/mol. The van der Waals surface area contributed by atoms with E-state index < -0.39 is 32.4 Å². The molecule has 18 heavy (non-hydrogen) atoms. The Morgan fingerprint density at radius 3 is 2.72 bits per heavy atom. The molecular formula is C12H13FN2O2S. The molecule has 1 fully saturated rings. The zero-order valence-corrected chi connectivity index (χ0v) is 10.6. The number of nitriles is 1. The zero-order chi connectivity index (χ0) is 13.6. The summed E-state index contributed by atoms with van der Waals surface area (Å²) in [5.74, 6) is -1.19. The van der Waals surface area contributed by atoms with E-state index in [-0.39, 0.29) is 5.75 Å². The van der Waals surface area contributed by atoms with Crippen LogP contribution in [0.1, 0.15) is 18.4 Å². The van der Waals surface area contributed by atoms with Crippen LogP contribution in [0.4, 0.5) is 4.39 Å². The van der Waals surface area contributed by atoms with Gasteiger partial charge in [-0.25, -0.2) is 12.8 Å². The second kappa shape index (κ2) is 4.04. The summed E-state index contributed by atoms with van der Waals surface area (Å²) in [6.07, 6.45) is 0. The van der Waals surface area contributed by atoms with Crippen LogP contribution in [0.2, 0.25) is 0 Å². The third-order valence-corrected chi connectivity index (χ3v) is 5.61. The predicted octanol–water partition coefficient (Wildman–Crippen LogP) is 0.947. The maximum Gasteiger partial charge on any atom is 0.156 e. The Bertz CT molecular complexity index is 623. The number of rotatable bonds is 3. The lowest BCUT2D eigenvalue weighted by Crippen LogP contribution is -2.29. The van der Waals surface area contributed by atoms with Crippen LogP contribution in [0.3, 0.4) is 0 Å². The monoisotopic (exact) mass is 268 g/mol. The van der Waals surface area contributed by atoms with Gasteiger partial charge in [-0.2, -0.15) is 5.26 Å². The molecule has 1 aliphatic carbocycles. The smallest absolute Gasteiger partial charge is 0.156 e. The lowest BCUT2D eigenvalue weighted by molar-refractivity contribution is 0.593. The van der Waals surface area contributed by atoms with E-state index in [2.05, 4.69) is 0 Å². The van der Waals surface area contributed by atoms with Crippen molar-refractivity contribution in [2.45, 2.75) is 23.6 Å². The lowest BCUT2D eigenvalue weighted by atomic mass is 10.1. The maximum absolute atomic E-state index is 13.1. The van der Waals surface area contributed by atoms with Crippen molar-refractivity contribution in [1.29, 1.82) is 5.26 Å². The third-order valence-electron chi connectivity index (χ3n) is 3.37. The molecule has 0 aromatic heterocycles. The normalized spacial score (nSPS) is 30.8. The largest absolute Gasteiger partial charge is 0.312 e. The first-order valence-corrected chi connectivity index (χ1v) is 7.25. The van der Waals surface area contributed by atoms with Gasteiger partial charge in [0.05, 0.1) is 6.07 Å². The summed E-state index contributed by atoms with van der Waals surface area (Å²) in [6, 6.07) is 7.42. The van der Waals surface area contributed by atoms with Crippen molar-refractivity contribution in [2.75, 3.05) is 5.75 Å². The summed E-state index contributed by atoms with van der Waals surface area (Å²) in [5.41, 5.74) is 4.83. The van der Waals surface area contributed by atoms with Crippen LogP contribution in [0, 0.1) is 17.1 Å². The Morgan fingerprint density at radius 1 is 1.56 bits per heavy atom. The molecule has 3 atom stereocenters. The van der Waals surface area contributed by atoms with Gasteiger partial charge in [0.1, 0.15) is 16.6 Å². The van der Waals surface area contributed by atoms with E-state index in [0.717, 1.165) is 0 Å².